The lowest BCUT2D eigenvalue weighted by Gasteiger charge is -1.91. The Morgan fingerprint density at radius 1 is 1.31 bits per heavy atom. The fourth-order valence-electron chi connectivity index (χ4n) is 0.696. The molecule has 70 valence electrons. The number of carbonyl (C=O) groups excluding carboxylic acids is 1. The fraction of sp³-hybridized carbons (Fsp3) is 0.250. The minimum Gasteiger partial charge on any atom is -0.477 e. The molecule has 0 radical (unpaired) electrons. The number of halogens is 2. The Bertz CT molecular complexity index is 322. The van der Waals surface area contributed by atoms with Crippen molar-refractivity contribution in [3.63, 3.8) is 0 Å². The predicted molar refractivity (Wildman–Crippen MR) is 48.7 cm³/mol. The topological polar surface area (TPSA) is 54.4 Å². The van der Waals surface area contributed by atoms with Gasteiger partial charge in [-0.15, -0.1) is 0 Å². The van der Waals surface area contributed by atoms with Crippen LogP contribution >= 0.6 is 23.2 Å². The molecule has 0 aromatic carbocycles. The minimum atomic E-state index is -1.33. The SMILES string of the molecule is O=C(/C=C(\Cl)C(=O)O)C(Cl)=C1CC1. The summed E-state index contributed by atoms with van der Waals surface area (Å²) in [6.45, 7) is 0. The lowest BCUT2D eigenvalue weighted by molar-refractivity contribution is -0.132. The Kier molecular flexibility index (Phi) is 3.12. The summed E-state index contributed by atoms with van der Waals surface area (Å²) in [4.78, 5) is 21.4. The number of carbonyl (C=O) groups is 2. The normalized spacial score (nSPS) is 15.5. The highest BCUT2D eigenvalue weighted by molar-refractivity contribution is 6.48. The van der Waals surface area contributed by atoms with Crippen LogP contribution in [0.2, 0.25) is 0 Å². The van der Waals surface area contributed by atoms with Crippen LogP contribution in [-0.2, 0) is 9.59 Å². The third-order valence-corrected chi connectivity index (χ3v) is 2.21. The van der Waals surface area contributed by atoms with E-state index in [1.807, 2.05) is 0 Å². The molecule has 0 saturated heterocycles. The van der Waals surface area contributed by atoms with E-state index in [0.717, 1.165) is 24.5 Å². The molecular weight excluding hydrogens is 215 g/mol. The van der Waals surface area contributed by atoms with Gasteiger partial charge in [-0.25, -0.2) is 4.79 Å². The minimum absolute atomic E-state index is 0.0967. The quantitative estimate of drug-likeness (QED) is 0.742. The molecule has 0 heterocycles. The zero-order valence-electron chi connectivity index (χ0n) is 6.51. The second kappa shape index (κ2) is 3.94. The second-order valence-corrected chi connectivity index (χ2v) is 3.36. The van der Waals surface area contributed by atoms with E-state index in [1.165, 1.54) is 0 Å². The van der Waals surface area contributed by atoms with Crippen LogP contribution in [0.5, 0.6) is 0 Å². The molecule has 1 fully saturated rings. The predicted octanol–water partition coefficient (Wildman–Crippen LogP) is 2.05. The molecule has 5 heteroatoms. The van der Waals surface area contributed by atoms with Crippen LogP contribution in [0.15, 0.2) is 21.7 Å². The highest BCUT2D eigenvalue weighted by Gasteiger charge is 2.20. The van der Waals surface area contributed by atoms with Crippen LogP contribution in [0.1, 0.15) is 12.8 Å². The van der Waals surface area contributed by atoms with Crippen molar-refractivity contribution in [1.29, 1.82) is 0 Å². The molecule has 0 amide bonds. The Balaban J connectivity index is 2.75. The number of aliphatic carboxylic acids is 1. The second-order valence-electron chi connectivity index (χ2n) is 2.58. The zero-order chi connectivity index (χ0) is 10.0. The van der Waals surface area contributed by atoms with E-state index in [0.29, 0.717) is 0 Å². The van der Waals surface area contributed by atoms with Gasteiger partial charge in [-0.1, -0.05) is 23.2 Å². The number of hydrogen-bond acceptors (Lipinski definition) is 2. The van der Waals surface area contributed by atoms with Gasteiger partial charge in [-0.2, -0.15) is 0 Å². The van der Waals surface area contributed by atoms with Gasteiger partial charge < -0.3 is 5.11 Å². The van der Waals surface area contributed by atoms with Gasteiger partial charge in [0.25, 0.3) is 0 Å². The smallest absolute Gasteiger partial charge is 0.347 e. The van der Waals surface area contributed by atoms with Gasteiger partial charge in [0, 0.05) is 6.08 Å². The van der Waals surface area contributed by atoms with Crippen molar-refractivity contribution < 1.29 is 14.7 Å². The zero-order valence-corrected chi connectivity index (χ0v) is 8.02. The van der Waals surface area contributed by atoms with Crippen molar-refractivity contribution in [3.8, 4) is 0 Å². The summed E-state index contributed by atoms with van der Waals surface area (Å²) in [6, 6.07) is 0. The molecule has 1 aliphatic carbocycles. The first kappa shape index (κ1) is 10.3. The maximum absolute atomic E-state index is 11.1. The van der Waals surface area contributed by atoms with Crippen LogP contribution in [-0.4, -0.2) is 16.9 Å². The lowest BCUT2D eigenvalue weighted by atomic mass is 10.3. The van der Waals surface area contributed by atoms with E-state index >= 15 is 0 Å². The number of ketones is 1. The van der Waals surface area contributed by atoms with Gasteiger partial charge in [0.2, 0.25) is 0 Å². The first-order valence-corrected chi connectivity index (χ1v) is 4.30. The van der Waals surface area contributed by atoms with Gasteiger partial charge in [0.05, 0.1) is 5.03 Å². The molecule has 1 rings (SSSR count). The van der Waals surface area contributed by atoms with Crippen LogP contribution in [0.3, 0.4) is 0 Å². The third-order valence-electron chi connectivity index (χ3n) is 1.49. The van der Waals surface area contributed by atoms with Crippen molar-refractivity contribution in [3.05, 3.63) is 21.7 Å². The van der Waals surface area contributed by atoms with Crippen molar-refractivity contribution in [2.75, 3.05) is 0 Å². The van der Waals surface area contributed by atoms with Crippen LogP contribution < -0.4 is 0 Å². The molecule has 0 aliphatic heterocycles. The maximum atomic E-state index is 11.1. The van der Waals surface area contributed by atoms with Crippen molar-refractivity contribution in [1.82, 2.24) is 0 Å². The average Bonchev–Trinajstić information content (AvgIpc) is 2.85. The molecule has 3 nitrogen and oxygen atoms in total. The Labute approximate surface area is 84.6 Å². The third kappa shape index (κ3) is 2.86. The molecule has 1 N–H and O–H groups in total. The summed E-state index contributed by atoms with van der Waals surface area (Å²) in [5.41, 5.74) is 0.859. The van der Waals surface area contributed by atoms with Crippen LogP contribution in [0.4, 0.5) is 0 Å². The maximum Gasteiger partial charge on any atom is 0.347 e. The van der Waals surface area contributed by atoms with E-state index in [2.05, 4.69) is 0 Å². The molecule has 0 unspecified atom stereocenters. The molecule has 0 spiro atoms. The summed E-state index contributed by atoms with van der Waals surface area (Å²) in [5, 5.41) is 7.93. The summed E-state index contributed by atoms with van der Waals surface area (Å²) in [7, 11) is 0. The number of rotatable bonds is 3. The largest absolute Gasteiger partial charge is 0.477 e. The van der Waals surface area contributed by atoms with Crippen molar-refractivity contribution in [2.24, 2.45) is 0 Å². The first-order valence-electron chi connectivity index (χ1n) is 3.54. The standard InChI is InChI=1S/C8H6Cl2O3/c9-5(8(12)13)3-6(11)7(10)4-1-2-4/h3H,1-2H2,(H,12,13)/b5-3-. The molecule has 0 bridgehead atoms. The summed E-state index contributed by atoms with van der Waals surface area (Å²) in [6.07, 6.45) is 2.43. The van der Waals surface area contributed by atoms with E-state index in [9.17, 15) is 9.59 Å². The highest BCUT2D eigenvalue weighted by atomic mass is 35.5. The van der Waals surface area contributed by atoms with Crippen molar-refractivity contribution in [2.45, 2.75) is 12.8 Å². The van der Waals surface area contributed by atoms with Crippen molar-refractivity contribution >= 4 is 35.0 Å². The monoisotopic (exact) mass is 220 g/mol. The van der Waals surface area contributed by atoms with Crippen LogP contribution in [0.25, 0.3) is 0 Å². The van der Waals surface area contributed by atoms with E-state index < -0.39 is 16.8 Å². The number of carboxylic acids is 1. The molecular formula is C8H6Cl2O3. The molecule has 13 heavy (non-hydrogen) atoms. The van der Waals surface area contributed by atoms with E-state index in [1.54, 1.807) is 0 Å². The Morgan fingerprint density at radius 3 is 2.23 bits per heavy atom. The van der Waals surface area contributed by atoms with E-state index in [-0.39, 0.29) is 5.03 Å². The van der Waals surface area contributed by atoms with Gasteiger partial charge in [-0.05, 0) is 18.4 Å². The van der Waals surface area contributed by atoms with Crippen LogP contribution in [0, 0.1) is 0 Å². The summed E-state index contributed by atoms with van der Waals surface area (Å²) >= 11 is 10.9. The fourth-order valence-corrected chi connectivity index (χ4v) is 1.04. The average molecular weight is 221 g/mol. The molecule has 1 saturated carbocycles. The Hall–Kier alpha value is -0.800. The molecule has 0 atom stereocenters. The Morgan fingerprint density at radius 2 is 1.85 bits per heavy atom. The summed E-state index contributed by atoms with van der Waals surface area (Å²) in [5.74, 6) is -1.87. The number of hydrogen-bond donors (Lipinski definition) is 1. The summed E-state index contributed by atoms with van der Waals surface area (Å²) < 4.78 is 0. The van der Waals surface area contributed by atoms with Gasteiger partial charge in [0.15, 0.2) is 5.78 Å². The molecule has 1 aliphatic rings. The lowest BCUT2D eigenvalue weighted by Crippen LogP contribution is -1.99. The number of allylic oxidation sites excluding steroid dienone is 3. The van der Waals surface area contributed by atoms with Gasteiger partial charge in [0.1, 0.15) is 5.03 Å². The van der Waals surface area contributed by atoms with E-state index in [4.69, 9.17) is 28.3 Å². The van der Waals surface area contributed by atoms with Gasteiger partial charge >= 0.3 is 5.97 Å². The molecule has 0 aromatic rings. The highest BCUT2D eigenvalue weighted by Crippen LogP contribution is 2.33. The molecule has 0 aromatic heterocycles. The first-order chi connectivity index (χ1) is 6.02. The van der Waals surface area contributed by atoms with Gasteiger partial charge in [-0.3, -0.25) is 4.79 Å². The number of carboxylic acid groups (broad SMARTS) is 1.